The number of nitrogens with zero attached hydrogens (tertiary/aromatic N) is 4. The number of likely N-dealkylation sites (tertiary alicyclic amines) is 1. The van der Waals surface area contributed by atoms with E-state index in [0.29, 0.717) is 6.54 Å². The topological polar surface area (TPSA) is 59.7 Å². The van der Waals surface area contributed by atoms with Crippen LogP contribution in [-0.4, -0.2) is 45.6 Å². The van der Waals surface area contributed by atoms with Crippen LogP contribution in [0.1, 0.15) is 31.5 Å². The van der Waals surface area contributed by atoms with Crippen molar-refractivity contribution in [1.82, 2.24) is 19.5 Å². The Morgan fingerprint density at radius 1 is 1.23 bits per heavy atom. The molecule has 0 spiro atoms. The molecule has 0 saturated carbocycles. The van der Waals surface area contributed by atoms with Gasteiger partial charge in [-0.15, -0.1) is 0 Å². The number of hydrogen-bond acceptors (Lipinski definition) is 4. The van der Waals surface area contributed by atoms with Crippen LogP contribution in [0.5, 0.6) is 5.75 Å². The van der Waals surface area contributed by atoms with Crippen LogP contribution < -0.4 is 4.74 Å². The third kappa shape index (κ3) is 3.14. The molecule has 1 aliphatic heterocycles. The van der Waals surface area contributed by atoms with E-state index in [0.717, 1.165) is 47.7 Å². The number of aromatic nitrogens is 3. The molecule has 1 aromatic carbocycles. The fourth-order valence-corrected chi connectivity index (χ4v) is 3.52. The number of ether oxygens (including phenoxy) is 1. The van der Waals surface area contributed by atoms with E-state index in [4.69, 9.17) is 9.84 Å². The molecule has 0 unspecified atom stereocenters. The monoisotopic (exact) mass is 350 g/mol. The molecule has 0 aliphatic carbocycles. The predicted octanol–water partition coefficient (Wildman–Crippen LogP) is 3.13. The molecule has 1 atom stereocenters. The number of benzene rings is 1. The lowest BCUT2D eigenvalue weighted by Gasteiger charge is -2.30. The SMILES string of the molecule is COc1cccc(-c2ccc3nc([C@@H]4CCCN(C(C)=O)C4)nn3c2)c1. The molecule has 1 aliphatic rings. The van der Waals surface area contributed by atoms with Gasteiger partial charge in [-0.05, 0) is 42.7 Å². The highest BCUT2D eigenvalue weighted by molar-refractivity contribution is 5.73. The number of hydrogen-bond donors (Lipinski definition) is 0. The van der Waals surface area contributed by atoms with Gasteiger partial charge in [0.25, 0.3) is 0 Å². The molecule has 3 heterocycles. The summed E-state index contributed by atoms with van der Waals surface area (Å²) < 4.78 is 7.14. The van der Waals surface area contributed by atoms with E-state index in [1.165, 1.54) is 0 Å². The zero-order valence-electron chi connectivity index (χ0n) is 15.1. The van der Waals surface area contributed by atoms with Gasteiger partial charge in [-0.1, -0.05) is 12.1 Å². The van der Waals surface area contributed by atoms with Crippen LogP contribution in [0.3, 0.4) is 0 Å². The number of amides is 1. The molecule has 2 aromatic heterocycles. The van der Waals surface area contributed by atoms with Crippen LogP contribution in [0, 0.1) is 0 Å². The number of piperidine rings is 1. The molecule has 1 amide bonds. The Morgan fingerprint density at radius 2 is 2.12 bits per heavy atom. The summed E-state index contributed by atoms with van der Waals surface area (Å²) >= 11 is 0. The number of methoxy groups -OCH3 is 1. The molecule has 3 aromatic rings. The van der Waals surface area contributed by atoms with E-state index >= 15 is 0 Å². The van der Waals surface area contributed by atoms with Crippen LogP contribution in [0.25, 0.3) is 16.8 Å². The highest BCUT2D eigenvalue weighted by Crippen LogP contribution is 2.27. The van der Waals surface area contributed by atoms with Gasteiger partial charge >= 0.3 is 0 Å². The normalized spacial score (nSPS) is 17.5. The molecule has 6 heteroatoms. The van der Waals surface area contributed by atoms with Gasteiger partial charge in [0, 0.05) is 37.7 Å². The Morgan fingerprint density at radius 3 is 2.92 bits per heavy atom. The Balaban J connectivity index is 1.64. The van der Waals surface area contributed by atoms with Gasteiger partial charge in [-0.3, -0.25) is 4.79 Å². The molecular formula is C20H22N4O2. The molecular weight excluding hydrogens is 328 g/mol. The van der Waals surface area contributed by atoms with Gasteiger partial charge in [0.05, 0.1) is 7.11 Å². The molecule has 1 saturated heterocycles. The number of fused-ring (bicyclic) bond motifs is 1. The van der Waals surface area contributed by atoms with E-state index in [1.54, 1.807) is 14.0 Å². The summed E-state index contributed by atoms with van der Waals surface area (Å²) in [6.45, 7) is 3.16. The van der Waals surface area contributed by atoms with Crippen LogP contribution in [0.4, 0.5) is 0 Å². The van der Waals surface area contributed by atoms with E-state index < -0.39 is 0 Å². The van der Waals surface area contributed by atoms with Gasteiger partial charge in [0.1, 0.15) is 5.75 Å². The Kier molecular flexibility index (Phi) is 4.32. The van der Waals surface area contributed by atoms with Crippen molar-refractivity contribution in [2.45, 2.75) is 25.7 Å². The minimum absolute atomic E-state index is 0.124. The lowest BCUT2D eigenvalue weighted by atomic mass is 9.97. The molecule has 0 bridgehead atoms. The third-order valence-corrected chi connectivity index (χ3v) is 4.98. The van der Waals surface area contributed by atoms with Gasteiger partial charge in [-0.2, -0.15) is 5.10 Å². The molecule has 0 radical (unpaired) electrons. The van der Waals surface area contributed by atoms with E-state index in [9.17, 15) is 4.79 Å². The highest BCUT2D eigenvalue weighted by Gasteiger charge is 2.26. The third-order valence-electron chi connectivity index (χ3n) is 4.98. The van der Waals surface area contributed by atoms with Gasteiger partial charge in [-0.25, -0.2) is 9.50 Å². The number of rotatable bonds is 3. The van der Waals surface area contributed by atoms with Crippen LogP contribution in [-0.2, 0) is 4.79 Å². The van der Waals surface area contributed by atoms with Crippen molar-refractivity contribution in [3.05, 3.63) is 48.4 Å². The summed E-state index contributed by atoms with van der Waals surface area (Å²) in [5.74, 6) is 1.97. The first-order valence-corrected chi connectivity index (χ1v) is 8.90. The van der Waals surface area contributed by atoms with E-state index in [1.807, 2.05) is 52.0 Å². The maximum absolute atomic E-state index is 11.7. The quantitative estimate of drug-likeness (QED) is 0.728. The zero-order chi connectivity index (χ0) is 18.1. The van der Waals surface area contributed by atoms with Crippen molar-refractivity contribution in [2.75, 3.05) is 20.2 Å². The highest BCUT2D eigenvalue weighted by atomic mass is 16.5. The van der Waals surface area contributed by atoms with Crippen molar-refractivity contribution in [2.24, 2.45) is 0 Å². The number of carbonyl (C=O) groups excluding carboxylic acids is 1. The van der Waals surface area contributed by atoms with E-state index in [2.05, 4.69) is 4.98 Å². The van der Waals surface area contributed by atoms with Crippen molar-refractivity contribution >= 4 is 11.6 Å². The predicted molar refractivity (Wildman–Crippen MR) is 99.2 cm³/mol. The second-order valence-corrected chi connectivity index (χ2v) is 6.73. The minimum atomic E-state index is 0.124. The van der Waals surface area contributed by atoms with Crippen molar-refractivity contribution in [3.8, 4) is 16.9 Å². The fraction of sp³-hybridized carbons (Fsp3) is 0.350. The smallest absolute Gasteiger partial charge is 0.219 e. The molecule has 4 rings (SSSR count). The second-order valence-electron chi connectivity index (χ2n) is 6.73. The lowest BCUT2D eigenvalue weighted by molar-refractivity contribution is -0.130. The maximum atomic E-state index is 11.7. The first kappa shape index (κ1) is 16.6. The summed E-state index contributed by atoms with van der Waals surface area (Å²) in [7, 11) is 1.67. The second kappa shape index (κ2) is 6.78. The van der Waals surface area contributed by atoms with Crippen LogP contribution >= 0.6 is 0 Å². The maximum Gasteiger partial charge on any atom is 0.219 e. The molecule has 134 valence electrons. The van der Waals surface area contributed by atoms with Gasteiger partial charge in [0.2, 0.25) is 5.91 Å². The first-order valence-electron chi connectivity index (χ1n) is 8.90. The fourth-order valence-electron chi connectivity index (χ4n) is 3.52. The largest absolute Gasteiger partial charge is 0.497 e. The average molecular weight is 350 g/mol. The summed E-state index contributed by atoms with van der Waals surface area (Å²) in [4.78, 5) is 18.2. The summed E-state index contributed by atoms with van der Waals surface area (Å²) in [5, 5.41) is 4.70. The van der Waals surface area contributed by atoms with Gasteiger partial charge in [0.15, 0.2) is 11.5 Å². The van der Waals surface area contributed by atoms with Crippen molar-refractivity contribution in [1.29, 1.82) is 0 Å². The zero-order valence-corrected chi connectivity index (χ0v) is 15.1. The summed E-state index contributed by atoms with van der Waals surface area (Å²) in [6.07, 6.45) is 4.00. The standard InChI is InChI=1S/C20H22N4O2/c1-14(25)23-10-4-6-17(12-23)20-21-19-9-8-16(13-24(19)22-20)15-5-3-7-18(11-15)26-2/h3,5,7-9,11,13,17H,4,6,10,12H2,1-2H3/t17-/m1/s1. The molecule has 26 heavy (non-hydrogen) atoms. The number of carbonyl (C=O) groups is 1. The molecule has 6 nitrogen and oxygen atoms in total. The van der Waals surface area contributed by atoms with Crippen LogP contribution in [0.2, 0.25) is 0 Å². The van der Waals surface area contributed by atoms with E-state index in [-0.39, 0.29) is 11.8 Å². The Hall–Kier alpha value is -2.89. The van der Waals surface area contributed by atoms with Crippen LogP contribution in [0.15, 0.2) is 42.6 Å². The Labute approximate surface area is 152 Å². The number of pyridine rings is 1. The Bertz CT molecular complexity index is 950. The molecule has 0 N–H and O–H groups in total. The first-order chi connectivity index (χ1) is 12.6. The molecule has 1 fully saturated rings. The van der Waals surface area contributed by atoms with Crippen molar-refractivity contribution < 1.29 is 9.53 Å². The lowest BCUT2D eigenvalue weighted by Crippen LogP contribution is -2.37. The average Bonchev–Trinajstić information content (AvgIpc) is 3.11. The van der Waals surface area contributed by atoms with Crippen molar-refractivity contribution in [3.63, 3.8) is 0 Å². The minimum Gasteiger partial charge on any atom is -0.497 e. The summed E-state index contributed by atoms with van der Waals surface area (Å²) in [5.41, 5.74) is 2.96. The van der Waals surface area contributed by atoms with Gasteiger partial charge < -0.3 is 9.64 Å². The summed E-state index contributed by atoms with van der Waals surface area (Å²) in [6, 6.07) is 12.0.